The Bertz CT molecular complexity index is 618. The van der Waals surface area contributed by atoms with Gasteiger partial charge in [-0.2, -0.15) is 0 Å². The van der Waals surface area contributed by atoms with Crippen LogP contribution in [0.4, 0.5) is 0 Å². The molecule has 0 N–H and O–H groups in total. The topological polar surface area (TPSA) is 17.1 Å². The lowest BCUT2D eigenvalue weighted by molar-refractivity contribution is -0.147. The summed E-state index contributed by atoms with van der Waals surface area (Å²) in [4.78, 5) is 13.0. The summed E-state index contributed by atoms with van der Waals surface area (Å²) in [5.41, 5.74) is 0.481. The van der Waals surface area contributed by atoms with Crippen LogP contribution in [0.15, 0.2) is 12.2 Å². The van der Waals surface area contributed by atoms with E-state index < -0.39 is 0 Å². The van der Waals surface area contributed by atoms with Crippen molar-refractivity contribution in [1.29, 1.82) is 0 Å². The van der Waals surface area contributed by atoms with Crippen LogP contribution >= 0.6 is 0 Å². The molecule has 4 aliphatic rings. The van der Waals surface area contributed by atoms with E-state index in [4.69, 9.17) is 0 Å². The number of carbonyl (C=O) groups is 1. The van der Waals surface area contributed by atoms with Crippen molar-refractivity contribution >= 4 is 5.78 Å². The van der Waals surface area contributed by atoms with Gasteiger partial charge in [-0.3, -0.25) is 4.79 Å². The molecule has 0 spiro atoms. The highest BCUT2D eigenvalue weighted by Crippen LogP contribution is 2.67. The second kappa shape index (κ2) is 7.59. The fourth-order valence-electron chi connectivity index (χ4n) is 8.72. The van der Waals surface area contributed by atoms with E-state index in [1.807, 2.05) is 6.08 Å². The Kier molecular flexibility index (Phi) is 5.60. The van der Waals surface area contributed by atoms with Crippen molar-refractivity contribution < 1.29 is 4.79 Å². The van der Waals surface area contributed by atoms with Crippen LogP contribution < -0.4 is 0 Å². The first-order valence-corrected chi connectivity index (χ1v) is 12.5. The Morgan fingerprint density at radius 2 is 1.79 bits per heavy atom. The predicted molar refractivity (Wildman–Crippen MR) is 118 cm³/mol. The lowest BCUT2D eigenvalue weighted by atomic mass is 9.45. The maximum absolute atomic E-state index is 13.0. The molecule has 0 radical (unpaired) electrons. The van der Waals surface area contributed by atoms with Gasteiger partial charge in [-0.25, -0.2) is 0 Å². The maximum Gasteiger partial charge on any atom is 0.161 e. The van der Waals surface area contributed by atoms with Crippen LogP contribution in [0.1, 0.15) is 98.8 Å². The monoisotopic (exact) mass is 384 g/mol. The summed E-state index contributed by atoms with van der Waals surface area (Å²) in [5, 5.41) is 0. The third-order valence-corrected chi connectivity index (χ3v) is 10.3. The highest BCUT2D eigenvalue weighted by molar-refractivity contribution is 5.96. The predicted octanol–water partition coefficient (Wildman–Crippen LogP) is 7.45. The van der Waals surface area contributed by atoms with Crippen LogP contribution in [0, 0.1) is 52.3 Å². The first-order chi connectivity index (χ1) is 13.3. The van der Waals surface area contributed by atoms with Crippen molar-refractivity contribution in [2.75, 3.05) is 0 Å². The summed E-state index contributed by atoms with van der Waals surface area (Å²) in [6.45, 7) is 12.3. The van der Waals surface area contributed by atoms with E-state index in [0.717, 1.165) is 36.0 Å². The minimum Gasteiger partial charge on any atom is -0.294 e. The SMILES string of the molecule is CC(C)CCC[C@@H](C)[C@H]1CC[C@H]2[C@@H]3CCC4CC=CC(=O)[C@]4(C)[C@H]3CC[C@]12C. The molecule has 28 heavy (non-hydrogen) atoms. The van der Waals surface area contributed by atoms with Gasteiger partial charge in [0.25, 0.3) is 0 Å². The summed E-state index contributed by atoms with van der Waals surface area (Å²) < 4.78 is 0. The number of rotatable bonds is 5. The van der Waals surface area contributed by atoms with Crippen molar-refractivity contribution in [1.82, 2.24) is 0 Å². The molecule has 8 atom stereocenters. The summed E-state index contributed by atoms with van der Waals surface area (Å²) in [6.07, 6.45) is 17.7. The largest absolute Gasteiger partial charge is 0.294 e. The molecule has 0 aromatic heterocycles. The molecule has 0 amide bonds. The Hall–Kier alpha value is -0.590. The molecular weight excluding hydrogens is 340 g/mol. The van der Waals surface area contributed by atoms with Crippen molar-refractivity contribution in [3.05, 3.63) is 12.2 Å². The number of hydrogen-bond acceptors (Lipinski definition) is 1. The van der Waals surface area contributed by atoms with Crippen LogP contribution in [0.3, 0.4) is 0 Å². The summed E-state index contributed by atoms with van der Waals surface area (Å²) in [5.74, 6) is 6.03. The smallest absolute Gasteiger partial charge is 0.161 e. The quantitative estimate of drug-likeness (QED) is 0.481. The molecule has 0 aromatic rings. The fourth-order valence-corrected chi connectivity index (χ4v) is 8.72. The van der Waals surface area contributed by atoms with Gasteiger partial charge in [0.1, 0.15) is 0 Å². The number of fused-ring (bicyclic) bond motifs is 5. The van der Waals surface area contributed by atoms with Crippen LogP contribution in [-0.4, -0.2) is 5.78 Å². The fraction of sp³-hybridized carbons (Fsp3) is 0.889. The number of carbonyl (C=O) groups excluding carboxylic acids is 1. The Morgan fingerprint density at radius 1 is 1.00 bits per heavy atom. The zero-order chi connectivity index (χ0) is 20.1. The van der Waals surface area contributed by atoms with Crippen LogP contribution in [0.2, 0.25) is 0 Å². The lowest BCUT2D eigenvalue weighted by Gasteiger charge is -2.59. The summed E-state index contributed by atoms with van der Waals surface area (Å²) in [6, 6.07) is 0. The minimum absolute atomic E-state index is 0.0556. The lowest BCUT2D eigenvalue weighted by Crippen LogP contribution is -2.55. The molecule has 0 bridgehead atoms. The van der Waals surface area contributed by atoms with E-state index >= 15 is 0 Å². The van der Waals surface area contributed by atoms with E-state index in [0.29, 0.717) is 23.0 Å². The average Bonchev–Trinajstić information content (AvgIpc) is 3.00. The van der Waals surface area contributed by atoms with Gasteiger partial charge in [-0.15, -0.1) is 0 Å². The molecule has 4 aliphatic carbocycles. The van der Waals surface area contributed by atoms with Crippen LogP contribution in [0.25, 0.3) is 0 Å². The van der Waals surface area contributed by atoms with Gasteiger partial charge in [0.15, 0.2) is 5.78 Å². The molecular formula is C27H44O. The first-order valence-electron chi connectivity index (χ1n) is 12.5. The average molecular weight is 385 g/mol. The molecule has 1 heteroatoms. The van der Waals surface area contributed by atoms with Gasteiger partial charge in [0.05, 0.1) is 0 Å². The Balaban J connectivity index is 1.50. The standard InChI is InChI=1S/C27H44O/c1-18(2)8-6-9-19(3)22-14-15-23-21-13-12-20-10-7-11-25(28)27(20,5)24(21)16-17-26(22,23)4/h7,11,18-24H,6,8-10,12-17H2,1-5H3/t19-,20?,21+,22-,23+,24+,26-,27+/m1/s1. The highest BCUT2D eigenvalue weighted by Gasteiger charge is 2.61. The van der Waals surface area contributed by atoms with Crippen molar-refractivity contribution in [2.24, 2.45) is 52.3 Å². The second-order valence-corrected chi connectivity index (χ2v) is 12.0. The van der Waals surface area contributed by atoms with Crippen LogP contribution in [-0.2, 0) is 4.79 Å². The zero-order valence-corrected chi connectivity index (χ0v) is 19.2. The second-order valence-electron chi connectivity index (χ2n) is 12.0. The molecule has 0 saturated heterocycles. The first kappa shape index (κ1) is 20.7. The van der Waals surface area contributed by atoms with Gasteiger partial charge in [0, 0.05) is 5.41 Å². The molecule has 0 heterocycles. The van der Waals surface area contributed by atoms with Crippen LogP contribution in [0.5, 0.6) is 0 Å². The zero-order valence-electron chi connectivity index (χ0n) is 19.2. The van der Waals surface area contributed by atoms with E-state index in [1.165, 1.54) is 57.8 Å². The molecule has 3 fully saturated rings. The molecule has 0 aromatic carbocycles. The van der Waals surface area contributed by atoms with Crippen molar-refractivity contribution in [3.63, 3.8) is 0 Å². The van der Waals surface area contributed by atoms with Gasteiger partial charge in [-0.1, -0.05) is 60.0 Å². The van der Waals surface area contributed by atoms with E-state index in [-0.39, 0.29) is 5.41 Å². The molecule has 3 saturated carbocycles. The van der Waals surface area contributed by atoms with Crippen molar-refractivity contribution in [2.45, 2.75) is 98.8 Å². The molecule has 1 unspecified atom stereocenters. The van der Waals surface area contributed by atoms with Gasteiger partial charge >= 0.3 is 0 Å². The maximum atomic E-state index is 13.0. The van der Waals surface area contributed by atoms with Gasteiger partial charge in [-0.05, 0) is 97.9 Å². The van der Waals surface area contributed by atoms with Gasteiger partial charge < -0.3 is 0 Å². The molecule has 4 rings (SSSR count). The normalized spacial score (nSPS) is 46.2. The summed E-state index contributed by atoms with van der Waals surface area (Å²) in [7, 11) is 0. The minimum atomic E-state index is -0.0556. The number of hydrogen-bond donors (Lipinski definition) is 0. The Morgan fingerprint density at radius 3 is 2.54 bits per heavy atom. The number of allylic oxidation sites excluding steroid dienone is 2. The van der Waals surface area contributed by atoms with Crippen molar-refractivity contribution in [3.8, 4) is 0 Å². The van der Waals surface area contributed by atoms with E-state index in [9.17, 15) is 4.79 Å². The third kappa shape index (κ3) is 3.14. The molecule has 1 nitrogen and oxygen atoms in total. The molecule has 158 valence electrons. The van der Waals surface area contributed by atoms with Gasteiger partial charge in [0.2, 0.25) is 0 Å². The number of ketones is 1. The van der Waals surface area contributed by atoms with E-state index in [2.05, 4.69) is 40.7 Å². The Labute approximate surface area is 174 Å². The third-order valence-electron chi connectivity index (χ3n) is 10.3. The van der Waals surface area contributed by atoms with E-state index in [1.54, 1.807) is 0 Å². The highest BCUT2D eigenvalue weighted by atomic mass is 16.1. The molecule has 0 aliphatic heterocycles. The summed E-state index contributed by atoms with van der Waals surface area (Å²) >= 11 is 0.